The average molecular weight is 261 g/mol. The standard InChI is InChI=1S/C15H23N3O/c1-2-4-13-8-14(17-16-13)15(19)18-9-11-5-3-6-12(7-11)10-18/h8,11-12H,2-7,9-10H2,1H3,(H,16,17)/t11-,12+. The molecule has 1 N–H and O–H groups in total. The quantitative estimate of drug-likeness (QED) is 0.909. The molecule has 1 aromatic rings. The number of rotatable bonds is 3. The normalized spacial score (nSPS) is 26.5. The summed E-state index contributed by atoms with van der Waals surface area (Å²) in [7, 11) is 0. The lowest BCUT2D eigenvalue weighted by molar-refractivity contribution is 0.0499. The molecule has 104 valence electrons. The Labute approximate surface area is 114 Å². The molecule has 2 aliphatic rings. The molecule has 2 heterocycles. The molecule has 0 spiro atoms. The van der Waals surface area contributed by atoms with E-state index in [4.69, 9.17) is 0 Å². The van der Waals surface area contributed by atoms with Crippen LogP contribution in [0.3, 0.4) is 0 Å². The van der Waals surface area contributed by atoms with E-state index in [2.05, 4.69) is 17.1 Å². The van der Waals surface area contributed by atoms with E-state index in [0.29, 0.717) is 5.69 Å². The van der Waals surface area contributed by atoms with Crippen molar-refractivity contribution < 1.29 is 4.79 Å². The third kappa shape index (κ3) is 2.67. The first-order valence-corrected chi connectivity index (χ1v) is 7.59. The van der Waals surface area contributed by atoms with Crippen LogP contribution in [0.5, 0.6) is 0 Å². The van der Waals surface area contributed by atoms with Crippen molar-refractivity contribution >= 4 is 5.91 Å². The van der Waals surface area contributed by atoms with Crippen LogP contribution in [-0.4, -0.2) is 34.1 Å². The Balaban J connectivity index is 1.69. The molecule has 1 amide bonds. The molecule has 2 fully saturated rings. The molecule has 1 aliphatic carbocycles. The fourth-order valence-corrected chi connectivity index (χ4v) is 3.63. The van der Waals surface area contributed by atoms with E-state index in [-0.39, 0.29) is 5.91 Å². The summed E-state index contributed by atoms with van der Waals surface area (Å²) in [6.07, 6.45) is 7.30. The highest BCUT2D eigenvalue weighted by molar-refractivity contribution is 5.92. The van der Waals surface area contributed by atoms with Crippen molar-refractivity contribution in [2.75, 3.05) is 13.1 Å². The van der Waals surface area contributed by atoms with Gasteiger partial charge in [-0.2, -0.15) is 5.10 Å². The smallest absolute Gasteiger partial charge is 0.274 e. The zero-order valence-electron chi connectivity index (χ0n) is 11.7. The molecule has 2 bridgehead atoms. The van der Waals surface area contributed by atoms with Crippen LogP contribution in [0.25, 0.3) is 0 Å². The molecule has 0 unspecified atom stereocenters. The van der Waals surface area contributed by atoms with Crippen molar-refractivity contribution in [2.24, 2.45) is 11.8 Å². The minimum absolute atomic E-state index is 0.121. The largest absolute Gasteiger partial charge is 0.337 e. The van der Waals surface area contributed by atoms with Crippen LogP contribution >= 0.6 is 0 Å². The van der Waals surface area contributed by atoms with Crippen LogP contribution < -0.4 is 0 Å². The first kappa shape index (κ1) is 12.7. The highest BCUT2D eigenvalue weighted by Crippen LogP contribution is 2.34. The fourth-order valence-electron chi connectivity index (χ4n) is 3.63. The highest BCUT2D eigenvalue weighted by Gasteiger charge is 2.33. The highest BCUT2D eigenvalue weighted by atomic mass is 16.2. The van der Waals surface area contributed by atoms with Gasteiger partial charge < -0.3 is 4.90 Å². The van der Waals surface area contributed by atoms with E-state index < -0.39 is 0 Å². The third-order valence-corrected chi connectivity index (χ3v) is 4.51. The van der Waals surface area contributed by atoms with E-state index in [0.717, 1.165) is 43.5 Å². The molecular formula is C15H23N3O. The fraction of sp³-hybridized carbons (Fsp3) is 0.733. The predicted octanol–water partition coefficient (Wildman–Crippen LogP) is 2.62. The number of aromatic amines is 1. The summed E-state index contributed by atoms with van der Waals surface area (Å²) >= 11 is 0. The van der Waals surface area contributed by atoms with Crippen LogP contribution in [0.15, 0.2) is 6.07 Å². The molecule has 0 aromatic carbocycles. The minimum atomic E-state index is 0.121. The third-order valence-electron chi connectivity index (χ3n) is 4.51. The van der Waals surface area contributed by atoms with Gasteiger partial charge in [0.25, 0.3) is 5.91 Å². The number of piperidine rings is 1. The SMILES string of the molecule is CCCc1cc(C(=O)N2C[C@@H]3CCC[C@@H](C3)C2)n[nH]1. The van der Waals surface area contributed by atoms with Crippen molar-refractivity contribution in [1.82, 2.24) is 15.1 Å². The number of hydrogen-bond acceptors (Lipinski definition) is 2. The number of amides is 1. The lowest BCUT2D eigenvalue weighted by atomic mass is 9.78. The predicted molar refractivity (Wildman–Crippen MR) is 73.9 cm³/mol. The number of nitrogens with zero attached hydrogens (tertiary/aromatic N) is 2. The number of aromatic nitrogens is 2. The van der Waals surface area contributed by atoms with Gasteiger partial charge in [-0.15, -0.1) is 0 Å². The van der Waals surface area contributed by atoms with Gasteiger partial charge in [-0.25, -0.2) is 0 Å². The summed E-state index contributed by atoms with van der Waals surface area (Å²) in [6, 6.07) is 1.93. The number of carbonyl (C=O) groups excluding carboxylic acids is 1. The first-order chi connectivity index (χ1) is 9.26. The van der Waals surface area contributed by atoms with Gasteiger partial charge in [0.15, 0.2) is 0 Å². The molecule has 1 saturated heterocycles. The maximum Gasteiger partial charge on any atom is 0.274 e. The van der Waals surface area contributed by atoms with Crippen LogP contribution in [0.1, 0.15) is 55.2 Å². The second-order valence-corrected chi connectivity index (χ2v) is 6.14. The lowest BCUT2D eigenvalue weighted by Crippen LogP contribution is -2.45. The Hall–Kier alpha value is -1.32. The Morgan fingerprint density at radius 3 is 2.84 bits per heavy atom. The maximum absolute atomic E-state index is 12.5. The zero-order chi connectivity index (χ0) is 13.2. The number of hydrogen-bond donors (Lipinski definition) is 1. The van der Waals surface area contributed by atoms with E-state index in [1.165, 1.54) is 25.7 Å². The van der Waals surface area contributed by atoms with E-state index in [1.54, 1.807) is 0 Å². The summed E-state index contributed by atoms with van der Waals surface area (Å²) in [5, 5.41) is 7.17. The molecule has 4 nitrogen and oxygen atoms in total. The summed E-state index contributed by atoms with van der Waals surface area (Å²) < 4.78 is 0. The van der Waals surface area contributed by atoms with Gasteiger partial charge in [0.05, 0.1) is 0 Å². The van der Waals surface area contributed by atoms with Gasteiger partial charge in [-0.3, -0.25) is 9.89 Å². The Bertz CT molecular complexity index is 442. The molecule has 1 saturated carbocycles. The van der Waals surface area contributed by atoms with Gasteiger partial charge in [0, 0.05) is 18.8 Å². The second-order valence-electron chi connectivity index (χ2n) is 6.14. The van der Waals surface area contributed by atoms with Crippen molar-refractivity contribution in [3.63, 3.8) is 0 Å². The Morgan fingerprint density at radius 1 is 1.42 bits per heavy atom. The minimum Gasteiger partial charge on any atom is -0.337 e. The van der Waals surface area contributed by atoms with Gasteiger partial charge in [-0.1, -0.05) is 19.8 Å². The van der Waals surface area contributed by atoms with E-state index in [9.17, 15) is 4.79 Å². The van der Waals surface area contributed by atoms with Crippen LogP contribution in [-0.2, 0) is 6.42 Å². The molecular weight excluding hydrogens is 238 g/mol. The molecule has 1 aliphatic heterocycles. The van der Waals surface area contributed by atoms with Gasteiger partial charge in [-0.05, 0) is 43.6 Å². The number of likely N-dealkylation sites (tertiary alicyclic amines) is 1. The first-order valence-electron chi connectivity index (χ1n) is 7.59. The molecule has 4 heteroatoms. The summed E-state index contributed by atoms with van der Waals surface area (Å²) in [6.45, 7) is 4.00. The molecule has 19 heavy (non-hydrogen) atoms. The van der Waals surface area contributed by atoms with Gasteiger partial charge >= 0.3 is 0 Å². The van der Waals surface area contributed by atoms with Crippen LogP contribution in [0.4, 0.5) is 0 Å². The number of aryl methyl sites for hydroxylation is 1. The Morgan fingerprint density at radius 2 is 2.16 bits per heavy atom. The van der Waals surface area contributed by atoms with Crippen LogP contribution in [0, 0.1) is 11.8 Å². The maximum atomic E-state index is 12.5. The van der Waals surface area contributed by atoms with Gasteiger partial charge in [0.1, 0.15) is 5.69 Å². The van der Waals surface area contributed by atoms with E-state index in [1.807, 2.05) is 11.0 Å². The van der Waals surface area contributed by atoms with Crippen molar-refractivity contribution in [1.29, 1.82) is 0 Å². The van der Waals surface area contributed by atoms with Gasteiger partial charge in [0.2, 0.25) is 0 Å². The van der Waals surface area contributed by atoms with E-state index >= 15 is 0 Å². The number of nitrogens with one attached hydrogen (secondary N) is 1. The number of fused-ring (bicyclic) bond motifs is 2. The van der Waals surface area contributed by atoms with Crippen molar-refractivity contribution in [2.45, 2.75) is 45.4 Å². The molecule has 2 atom stereocenters. The average Bonchev–Trinajstić information content (AvgIpc) is 2.86. The van der Waals surface area contributed by atoms with Crippen molar-refractivity contribution in [3.8, 4) is 0 Å². The van der Waals surface area contributed by atoms with Crippen molar-refractivity contribution in [3.05, 3.63) is 17.5 Å². The Kier molecular flexibility index (Phi) is 3.58. The zero-order valence-corrected chi connectivity index (χ0v) is 11.7. The summed E-state index contributed by atoms with van der Waals surface area (Å²) in [4.78, 5) is 14.5. The monoisotopic (exact) mass is 261 g/mol. The molecule has 1 aromatic heterocycles. The number of carbonyl (C=O) groups is 1. The lowest BCUT2D eigenvalue weighted by Gasteiger charge is -2.41. The summed E-state index contributed by atoms with van der Waals surface area (Å²) in [5.74, 6) is 1.58. The molecule has 3 rings (SSSR count). The molecule has 0 radical (unpaired) electrons. The van der Waals surface area contributed by atoms with Crippen LogP contribution in [0.2, 0.25) is 0 Å². The second kappa shape index (κ2) is 5.35. The summed E-state index contributed by atoms with van der Waals surface area (Å²) in [5.41, 5.74) is 1.67. The topological polar surface area (TPSA) is 49.0 Å². The number of H-pyrrole nitrogens is 1.